The summed E-state index contributed by atoms with van der Waals surface area (Å²) in [6.45, 7) is 6.88. The molecule has 2 amide bonds. The Morgan fingerprint density at radius 1 is 0.878 bits per heavy atom. The number of hydrogen-bond donors (Lipinski definition) is 1. The lowest BCUT2D eigenvalue weighted by Crippen LogP contribution is -2.53. The number of benzene rings is 3. The zero-order valence-electron chi connectivity index (χ0n) is 23.4. The van der Waals surface area contributed by atoms with Crippen LogP contribution in [0.1, 0.15) is 44.7 Å². The molecule has 0 fully saturated rings. The minimum absolute atomic E-state index is 0.00307. The smallest absolute Gasteiger partial charge is 0.264 e. The van der Waals surface area contributed by atoms with E-state index < -0.39 is 28.5 Å². The molecule has 1 N–H and O–H groups in total. The molecular weight excluding hydrogens is 605 g/mol. The van der Waals surface area contributed by atoms with Gasteiger partial charge in [-0.05, 0) is 68.7 Å². The van der Waals surface area contributed by atoms with Crippen molar-refractivity contribution in [1.29, 1.82) is 0 Å². The number of nitrogens with one attached hydrogen (secondary N) is 1. The third-order valence-electron chi connectivity index (χ3n) is 6.73. The predicted octanol–water partition coefficient (Wildman–Crippen LogP) is 6.87. The average Bonchev–Trinajstić information content (AvgIpc) is 2.94. The van der Waals surface area contributed by atoms with E-state index in [9.17, 15) is 18.0 Å². The molecule has 0 saturated heterocycles. The number of para-hydroxylation sites is 1. The van der Waals surface area contributed by atoms with Crippen molar-refractivity contribution in [2.45, 2.75) is 64.1 Å². The van der Waals surface area contributed by atoms with Crippen molar-refractivity contribution in [3.63, 3.8) is 0 Å². The van der Waals surface area contributed by atoms with Gasteiger partial charge in [0, 0.05) is 12.6 Å². The molecule has 2 atom stereocenters. The molecule has 3 aromatic carbocycles. The Kier molecular flexibility index (Phi) is 11.5. The number of nitrogens with zero attached hydrogens (tertiary/aromatic N) is 2. The first-order chi connectivity index (χ1) is 19.4. The molecule has 3 aromatic rings. The summed E-state index contributed by atoms with van der Waals surface area (Å²) >= 11 is 18.8. The molecule has 0 bridgehead atoms. The predicted molar refractivity (Wildman–Crippen MR) is 166 cm³/mol. The van der Waals surface area contributed by atoms with Crippen LogP contribution in [-0.4, -0.2) is 43.8 Å². The van der Waals surface area contributed by atoms with Crippen LogP contribution in [0.2, 0.25) is 15.1 Å². The van der Waals surface area contributed by atoms with Gasteiger partial charge in [-0.2, -0.15) is 0 Å². The van der Waals surface area contributed by atoms with Crippen LogP contribution in [0.5, 0.6) is 0 Å². The number of carbonyl (C=O) groups is 2. The molecule has 7 nitrogen and oxygen atoms in total. The third kappa shape index (κ3) is 8.16. The molecule has 0 aliphatic carbocycles. The van der Waals surface area contributed by atoms with Gasteiger partial charge in [-0.1, -0.05) is 84.5 Å². The van der Waals surface area contributed by atoms with Gasteiger partial charge < -0.3 is 10.2 Å². The summed E-state index contributed by atoms with van der Waals surface area (Å²) < 4.78 is 28.9. The van der Waals surface area contributed by atoms with E-state index in [2.05, 4.69) is 5.32 Å². The molecule has 41 heavy (non-hydrogen) atoms. The Morgan fingerprint density at radius 2 is 1.54 bits per heavy atom. The summed E-state index contributed by atoms with van der Waals surface area (Å²) in [7, 11) is -4.22. The molecule has 0 spiro atoms. The van der Waals surface area contributed by atoms with Gasteiger partial charge in [-0.25, -0.2) is 8.42 Å². The Morgan fingerprint density at radius 3 is 2.12 bits per heavy atom. The van der Waals surface area contributed by atoms with Crippen LogP contribution in [-0.2, 0) is 26.2 Å². The van der Waals surface area contributed by atoms with Crippen molar-refractivity contribution >= 4 is 62.3 Å². The second-order valence-electron chi connectivity index (χ2n) is 9.79. The minimum atomic E-state index is -4.22. The average molecular weight is 639 g/mol. The fourth-order valence-electron chi connectivity index (χ4n) is 4.20. The molecule has 0 aliphatic rings. The van der Waals surface area contributed by atoms with Gasteiger partial charge in [-0.3, -0.25) is 13.9 Å². The first-order valence-electron chi connectivity index (χ1n) is 13.3. The highest BCUT2D eigenvalue weighted by molar-refractivity contribution is 7.92. The molecule has 220 valence electrons. The van der Waals surface area contributed by atoms with Crippen molar-refractivity contribution in [2.75, 3.05) is 10.8 Å². The monoisotopic (exact) mass is 637 g/mol. The maximum Gasteiger partial charge on any atom is 0.264 e. The van der Waals surface area contributed by atoms with Gasteiger partial charge in [0.15, 0.2) is 0 Å². The van der Waals surface area contributed by atoms with Crippen LogP contribution in [0.3, 0.4) is 0 Å². The number of halogens is 3. The summed E-state index contributed by atoms with van der Waals surface area (Å²) in [5.74, 6) is -0.918. The number of amides is 2. The highest BCUT2D eigenvalue weighted by atomic mass is 35.5. The molecular formula is C30H34Cl3N3O4S. The summed E-state index contributed by atoms with van der Waals surface area (Å²) in [5.41, 5.74) is 1.66. The molecule has 11 heteroatoms. The molecule has 3 rings (SSSR count). The number of anilines is 1. The van der Waals surface area contributed by atoms with E-state index in [4.69, 9.17) is 34.8 Å². The van der Waals surface area contributed by atoms with Crippen molar-refractivity contribution < 1.29 is 18.0 Å². The standard InChI is InChI=1S/C30H34Cl3N3O4S/c1-5-21(4)34-30(38)27(6-2)35(18-22-13-16-24(31)26(33)17-22)29(37)19-36(28-10-8-7-9-25(28)32)41(39,40)23-14-11-20(3)12-15-23/h7-17,21,27H,5-6,18-19H2,1-4H3,(H,34,38)/t21-,27-/m0/s1. The summed E-state index contributed by atoms with van der Waals surface area (Å²) in [4.78, 5) is 28.9. The first kappa shape index (κ1) is 32.7. The van der Waals surface area contributed by atoms with E-state index >= 15 is 0 Å². The lowest BCUT2D eigenvalue weighted by atomic mass is 10.1. The third-order valence-corrected chi connectivity index (χ3v) is 9.57. The lowest BCUT2D eigenvalue weighted by molar-refractivity contribution is -0.140. The summed E-state index contributed by atoms with van der Waals surface area (Å²) in [6.07, 6.45) is 1.00. The second kappa shape index (κ2) is 14.4. The van der Waals surface area contributed by atoms with Gasteiger partial charge in [0.2, 0.25) is 11.8 Å². The number of aryl methyl sites for hydroxylation is 1. The van der Waals surface area contributed by atoms with E-state index in [-0.39, 0.29) is 34.1 Å². The zero-order chi connectivity index (χ0) is 30.3. The van der Waals surface area contributed by atoms with Crippen LogP contribution in [0, 0.1) is 6.92 Å². The number of rotatable bonds is 12. The van der Waals surface area contributed by atoms with Crippen LogP contribution >= 0.6 is 34.8 Å². The van der Waals surface area contributed by atoms with Crippen molar-refractivity contribution in [1.82, 2.24) is 10.2 Å². The fourth-order valence-corrected chi connectivity index (χ4v) is 6.24. The lowest BCUT2D eigenvalue weighted by Gasteiger charge is -2.34. The van der Waals surface area contributed by atoms with Gasteiger partial charge in [0.05, 0.1) is 25.7 Å². The van der Waals surface area contributed by atoms with Crippen LogP contribution in [0.4, 0.5) is 5.69 Å². The summed E-state index contributed by atoms with van der Waals surface area (Å²) in [5, 5.41) is 3.76. The quantitative estimate of drug-likeness (QED) is 0.235. The molecule has 0 unspecified atom stereocenters. The highest BCUT2D eigenvalue weighted by Crippen LogP contribution is 2.31. The normalized spacial score (nSPS) is 12.9. The largest absolute Gasteiger partial charge is 0.352 e. The molecule has 0 saturated carbocycles. The van der Waals surface area contributed by atoms with Crippen LogP contribution < -0.4 is 9.62 Å². The maximum absolute atomic E-state index is 14.1. The van der Waals surface area contributed by atoms with E-state index in [1.165, 1.54) is 23.1 Å². The molecule has 0 heterocycles. The van der Waals surface area contributed by atoms with E-state index in [1.54, 1.807) is 55.5 Å². The number of hydrogen-bond acceptors (Lipinski definition) is 4. The van der Waals surface area contributed by atoms with Crippen molar-refractivity contribution in [3.05, 3.63) is 92.9 Å². The van der Waals surface area contributed by atoms with Crippen molar-refractivity contribution in [2.24, 2.45) is 0 Å². The van der Waals surface area contributed by atoms with Gasteiger partial charge in [0.1, 0.15) is 12.6 Å². The Labute approximate surface area is 257 Å². The Bertz CT molecular complexity index is 1480. The topological polar surface area (TPSA) is 86.8 Å². The SMILES string of the molecule is CC[C@H](C)NC(=O)[C@H](CC)N(Cc1ccc(Cl)c(Cl)c1)C(=O)CN(c1ccccc1Cl)S(=O)(=O)c1ccc(C)cc1. The maximum atomic E-state index is 14.1. The van der Waals surface area contributed by atoms with Gasteiger partial charge in [-0.15, -0.1) is 0 Å². The Hall–Kier alpha value is -2.78. The van der Waals surface area contributed by atoms with Gasteiger partial charge in [0.25, 0.3) is 10.0 Å². The van der Waals surface area contributed by atoms with Crippen LogP contribution in [0.15, 0.2) is 71.6 Å². The summed E-state index contributed by atoms with van der Waals surface area (Å²) in [6, 6.07) is 16.7. The van der Waals surface area contributed by atoms with Crippen LogP contribution in [0.25, 0.3) is 0 Å². The minimum Gasteiger partial charge on any atom is -0.352 e. The molecule has 0 aromatic heterocycles. The van der Waals surface area contributed by atoms with E-state index in [1.807, 2.05) is 20.8 Å². The Balaban J connectivity index is 2.09. The second-order valence-corrected chi connectivity index (χ2v) is 12.9. The van der Waals surface area contributed by atoms with Gasteiger partial charge >= 0.3 is 0 Å². The fraction of sp³-hybridized carbons (Fsp3) is 0.333. The molecule has 0 aliphatic heterocycles. The van der Waals surface area contributed by atoms with Crippen molar-refractivity contribution in [3.8, 4) is 0 Å². The number of sulfonamides is 1. The highest BCUT2D eigenvalue weighted by Gasteiger charge is 2.34. The first-order valence-corrected chi connectivity index (χ1v) is 15.8. The number of carbonyl (C=O) groups excluding carboxylic acids is 2. The zero-order valence-corrected chi connectivity index (χ0v) is 26.5. The van der Waals surface area contributed by atoms with E-state index in [0.29, 0.717) is 28.5 Å². The molecule has 0 radical (unpaired) electrons. The van der Waals surface area contributed by atoms with E-state index in [0.717, 1.165) is 9.87 Å².